The third-order valence-corrected chi connectivity index (χ3v) is 5.08. The Labute approximate surface area is 160 Å². The summed E-state index contributed by atoms with van der Waals surface area (Å²) in [5.74, 6) is -0.153. The van der Waals surface area contributed by atoms with Crippen LogP contribution in [0.4, 0.5) is 4.39 Å². The van der Waals surface area contributed by atoms with Crippen molar-refractivity contribution < 1.29 is 4.39 Å². The first-order valence-electron chi connectivity index (χ1n) is 9.46. The topological polar surface area (TPSA) is 19.4 Å². The predicted octanol–water partition coefficient (Wildman–Crippen LogP) is 4.21. The molecule has 0 N–H and O–H groups in total. The molecule has 138 valence electrons. The van der Waals surface area contributed by atoms with Gasteiger partial charge in [0.1, 0.15) is 5.82 Å². The lowest BCUT2D eigenvalue weighted by Crippen LogP contribution is -2.45. The number of piperazine rings is 1. The Morgan fingerprint density at radius 3 is 2.07 bits per heavy atom. The van der Waals surface area contributed by atoms with Crippen molar-refractivity contribution in [3.05, 3.63) is 89.9 Å². The molecule has 1 aliphatic rings. The maximum Gasteiger partial charge on any atom is 0.123 e. The second kappa shape index (κ2) is 8.42. The van der Waals surface area contributed by atoms with E-state index in [-0.39, 0.29) is 5.82 Å². The molecular weight excluding hydrogens is 337 g/mol. The van der Waals surface area contributed by atoms with Gasteiger partial charge in [-0.15, -0.1) is 0 Å². The summed E-state index contributed by atoms with van der Waals surface area (Å²) in [6.45, 7) is 5.90. The normalized spacial score (nSPS) is 15.7. The fourth-order valence-electron chi connectivity index (χ4n) is 3.57. The van der Waals surface area contributed by atoms with Gasteiger partial charge in [0.2, 0.25) is 0 Å². The first kappa shape index (κ1) is 17.8. The van der Waals surface area contributed by atoms with Crippen molar-refractivity contribution in [1.29, 1.82) is 0 Å². The quantitative estimate of drug-likeness (QED) is 0.679. The molecule has 3 nitrogen and oxygen atoms in total. The fourth-order valence-corrected chi connectivity index (χ4v) is 3.57. The van der Waals surface area contributed by atoms with Gasteiger partial charge in [-0.05, 0) is 35.4 Å². The minimum absolute atomic E-state index is 0.153. The summed E-state index contributed by atoms with van der Waals surface area (Å²) in [6, 6.07) is 21.6. The summed E-state index contributed by atoms with van der Waals surface area (Å²) in [5, 5.41) is 0. The molecule has 0 bridgehead atoms. The van der Waals surface area contributed by atoms with Gasteiger partial charge in [0.15, 0.2) is 0 Å². The summed E-state index contributed by atoms with van der Waals surface area (Å²) >= 11 is 0. The molecule has 4 heteroatoms. The smallest absolute Gasteiger partial charge is 0.123 e. The van der Waals surface area contributed by atoms with E-state index in [0.29, 0.717) is 0 Å². The molecule has 0 amide bonds. The van der Waals surface area contributed by atoms with Crippen molar-refractivity contribution in [2.75, 3.05) is 26.2 Å². The first-order chi connectivity index (χ1) is 13.3. The van der Waals surface area contributed by atoms with E-state index < -0.39 is 0 Å². The minimum Gasteiger partial charge on any atom is -0.297 e. The molecule has 1 aromatic heterocycles. The molecule has 0 saturated carbocycles. The van der Waals surface area contributed by atoms with Crippen LogP contribution in [0.15, 0.2) is 72.9 Å². The Bertz CT molecular complexity index is 856. The summed E-state index contributed by atoms with van der Waals surface area (Å²) in [6.07, 6.45) is 1.83. The average Bonchev–Trinajstić information content (AvgIpc) is 2.71. The van der Waals surface area contributed by atoms with Crippen molar-refractivity contribution >= 4 is 0 Å². The van der Waals surface area contributed by atoms with Crippen LogP contribution in [0.1, 0.15) is 11.1 Å². The zero-order valence-corrected chi connectivity index (χ0v) is 15.4. The lowest BCUT2D eigenvalue weighted by atomic mass is 10.1. The Morgan fingerprint density at radius 1 is 0.741 bits per heavy atom. The Hall–Kier alpha value is -2.56. The molecule has 1 saturated heterocycles. The number of benzene rings is 2. The van der Waals surface area contributed by atoms with Crippen LogP contribution in [0.25, 0.3) is 11.3 Å². The molecule has 1 fully saturated rings. The Morgan fingerprint density at radius 2 is 1.44 bits per heavy atom. The van der Waals surface area contributed by atoms with Crippen LogP contribution in [0, 0.1) is 5.82 Å². The van der Waals surface area contributed by atoms with Gasteiger partial charge in [-0.3, -0.25) is 14.8 Å². The summed E-state index contributed by atoms with van der Waals surface area (Å²) < 4.78 is 13.3. The van der Waals surface area contributed by atoms with E-state index in [2.05, 4.69) is 39.0 Å². The van der Waals surface area contributed by atoms with Crippen molar-refractivity contribution in [3.8, 4) is 11.3 Å². The van der Waals surface area contributed by atoms with Crippen molar-refractivity contribution in [1.82, 2.24) is 14.8 Å². The van der Waals surface area contributed by atoms with Crippen LogP contribution in [0.5, 0.6) is 0 Å². The number of hydrogen-bond acceptors (Lipinski definition) is 3. The predicted molar refractivity (Wildman–Crippen MR) is 107 cm³/mol. The number of nitrogens with zero attached hydrogens (tertiary/aromatic N) is 3. The molecule has 0 radical (unpaired) electrons. The van der Waals surface area contributed by atoms with E-state index in [4.69, 9.17) is 0 Å². The van der Waals surface area contributed by atoms with Gasteiger partial charge < -0.3 is 0 Å². The molecular formula is C23H24FN3. The summed E-state index contributed by atoms with van der Waals surface area (Å²) in [4.78, 5) is 9.29. The van der Waals surface area contributed by atoms with Gasteiger partial charge >= 0.3 is 0 Å². The van der Waals surface area contributed by atoms with Gasteiger partial charge in [-0.1, -0.05) is 42.5 Å². The third-order valence-electron chi connectivity index (χ3n) is 5.08. The Kier molecular flexibility index (Phi) is 5.56. The molecule has 2 aromatic carbocycles. The van der Waals surface area contributed by atoms with Crippen LogP contribution in [0.2, 0.25) is 0 Å². The van der Waals surface area contributed by atoms with E-state index in [1.54, 1.807) is 12.1 Å². The van der Waals surface area contributed by atoms with E-state index in [9.17, 15) is 4.39 Å². The second-order valence-electron chi connectivity index (χ2n) is 7.09. The maximum atomic E-state index is 13.3. The van der Waals surface area contributed by atoms with Crippen LogP contribution >= 0.6 is 0 Å². The van der Waals surface area contributed by atoms with Gasteiger partial charge in [0.25, 0.3) is 0 Å². The molecule has 1 aliphatic heterocycles. The summed E-state index contributed by atoms with van der Waals surface area (Å²) in [7, 11) is 0. The highest BCUT2D eigenvalue weighted by atomic mass is 19.1. The zero-order chi connectivity index (χ0) is 18.5. The molecule has 27 heavy (non-hydrogen) atoms. The van der Waals surface area contributed by atoms with Crippen molar-refractivity contribution in [3.63, 3.8) is 0 Å². The third kappa shape index (κ3) is 4.79. The first-order valence-corrected chi connectivity index (χ1v) is 9.46. The Balaban J connectivity index is 1.29. The van der Waals surface area contributed by atoms with Gasteiger partial charge in [-0.2, -0.15) is 0 Å². The van der Waals surface area contributed by atoms with Crippen LogP contribution in [-0.4, -0.2) is 41.0 Å². The molecule has 3 aromatic rings. The number of rotatable bonds is 5. The van der Waals surface area contributed by atoms with Crippen molar-refractivity contribution in [2.45, 2.75) is 13.1 Å². The molecule has 2 heterocycles. The highest BCUT2D eigenvalue weighted by Crippen LogP contribution is 2.18. The minimum atomic E-state index is -0.153. The van der Waals surface area contributed by atoms with Gasteiger partial charge in [0.05, 0.1) is 5.69 Å². The number of aromatic nitrogens is 1. The van der Waals surface area contributed by atoms with Crippen LogP contribution < -0.4 is 0 Å². The fraction of sp³-hybridized carbons (Fsp3) is 0.261. The second-order valence-corrected chi connectivity index (χ2v) is 7.09. The molecule has 0 unspecified atom stereocenters. The van der Waals surface area contributed by atoms with E-state index >= 15 is 0 Å². The van der Waals surface area contributed by atoms with Crippen LogP contribution in [0.3, 0.4) is 0 Å². The number of halogens is 1. The standard InChI is InChI=1S/C23H24FN3/c24-22-5-3-4-20(16-22)18-27-14-12-26(13-15-27)17-19-7-9-21(10-8-19)23-6-1-2-11-25-23/h1-11,16H,12-15,17-18H2. The highest BCUT2D eigenvalue weighted by Gasteiger charge is 2.17. The lowest BCUT2D eigenvalue weighted by Gasteiger charge is -2.34. The molecule has 0 aliphatic carbocycles. The van der Waals surface area contributed by atoms with Gasteiger partial charge in [0, 0.05) is 51.0 Å². The van der Waals surface area contributed by atoms with E-state index in [1.165, 1.54) is 11.6 Å². The number of pyridine rings is 1. The molecule has 0 spiro atoms. The number of hydrogen-bond donors (Lipinski definition) is 0. The molecule has 0 atom stereocenters. The van der Waals surface area contributed by atoms with Crippen LogP contribution in [-0.2, 0) is 13.1 Å². The van der Waals surface area contributed by atoms with Gasteiger partial charge in [-0.25, -0.2) is 4.39 Å². The largest absolute Gasteiger partial charge is 0.297 e. The highest BCUT2D eigenvalue weighted by molar-refractivity contribution is 5.58. The lowest BCUT2D eigenvalue weighted by molar-refractivity contribution is 0.122. The molecule has 4 rings (SSSR count). The maximum absolute atomic E-state index is 13.3. The van der Waals surface area contributed by atoms with Crippen molar-refractivity contribution in [2.24, 2.45) is 0 Å². The zero-order valence-electron chi connectivity index (χ0n) is 15.4. The van der Waals surface area contributed by atoms with E-state index in [0.717, 1.165) is 56.1 Å². The van der Waals surface area contributed by atoms with E-state index in [1.807, 2.05) is 30.5 Å². The summed E-state index contributed by atoms with van der Waals surface area (Å²) in [5.41, 5.74) is 4.54. The monoisotopic (exact) mass is 361 g/mol. The SMILES string of the molecule is Fc1cccc(CN2CCN(Cc3ccc(-c4ccccn4)cc3)CC2)c1. The average molecular weight is 361 g/mol.